The number of hydrogen-bond acceptors (Lipinski definition) is 5. The lowest BCUT2D eigenvalue weighted by Crippen LogP contribution is -2.37. The molecule has 5 nitrogen and oxygen atoms in total. The molecule has 1 unspecified atom stereocenters. The Morgan fingerprint density at radius 1 is 1.16 bits per heavy atom. The number of ether oxygens (including phenoxy) is 2. The summed E-state index contributed by atoms with van der Waals surface area (Å²) >= 11 is 1.52. The minimum absolute atomic E-state index is 0.0253. The van der Waals surface area contributed by atoms with E-state index in [2.05, 4.69) is 0 Å². The zero-order valence-corrected chi connectivity index (χ0v) is 18.2. The molecule has 0 saturated carbocycles. The first-order valence-corrected chi connectivity index (χ1v) is 11.5. The van der Waals surface area contributed by atoms with Crippen LogP contribution < -0.4 is 9.64 Å². The van der Waals surface area contributed by atoms with Crippen molar-refractivity contribution in [2.24, 2.45) is 0 Å². The van der Waals surface area contributed by atoms with Crippen molar-refractivity contribution in [3.05, 3.63) is 66.2 Å². The van der Waals surface area contributed by atoms with Crippen LogP contribution in [0, 0.1) is 0 Å². The molecular formula is C25H24N2O3S. The number of carbonyl (C=O) groups is 1. The first-order valence-electron chi connectivity index (χ1n) is 10.7. The first-order chi connectivity index (χ1) is 15.2. The van der Waals surface area contributed by atoms with E-state index in [9.17, 15) is 4.79 Å². The summed E-state index contributed by atoms with van der Waals surface area (Å²) in [6, 6.07) is 19.8. The molecule has 1 saturated heterocycles. The van der Waals surface area contributed by atoms with E-state index in [1.807, 2.05) is 67.6 Å². The predicted molar refractivity (Wildman–Crippen MR) is 125 cm³/mol. The third-order valence-electron chi connectivity index (χ3n) is 5.58. The summed E-state index contributed by atoms with van der Waals surface area (Å²) in [6.07, 6.45) is 2.00. The van der Waals surface area contributed by atoms with Crippen molar-refractivity contribution in [1.29, 1.82) is 0 Å². The molecule has 5 rings (SSSR count). The van der Waals surface area contributed by atoms with Gasteiger partial charge in [0.25, 0.3) is 5.91 Å². The summed E-state index contributed by atoms with van der Waals surface area (Å²) in [5.41, 5.74) is 1.48. The van der Waals surface area contributed by atoms with Gasteiger partial charge in [0.05, 0.1) is 24.0 Å². The van der Waals surface area contributed by atoms with Crippen molar-refractivity contribution in [3.63, 3.8) is 0 Å². The molecule has 1 aliphatic heterocycles. The normalized spacial score (nSPS) is 16.1. The molecule has 31 heavy (non-hydrogen) atoms. The second kappa shape index (κ2) is 8.65. The van der Waals surface area contributed by atoms with Crippen LogP contribution in [0.5, 0.6) is 5.75 Å². The van der Waals surface area contributed by atoms with E-state index in [-0.39, 0.29) is 12.0 Å². The monoisotopic (exact) mass is 432 g/mol. The molecule has 6 heteroatoms. The molecule has 1 atom stereocenters. The molecule has 1 aromatic heterocycles. The molecular weight excluding hydrogens is 408 g/mol. The zero-order chi connectivity index (χ0) is 21.2. The molecule has 0 aliphatic carbocycles. The largest absolute Gasteiger partial charge is 0.492 e. The van der Waals surface area contributed by atoms with E-state index in [1.54, 1.807) is 4.90 Å². The molecule has 4 aromatic rings. The maximum atomic E-state index is 13.8. The van der Waals surface area contributed by atoms with E-state index < -0.39 is 0 Å². The average Bonchev–Trinajstić information content (AvgIpc) is 3.47. The Morgan fingerprint density at radius 3 is 2.84 bits per heavy atom. The van der Waals surface area contributed by atoms with Gasteiger partial charge in [0.15, 0.2) is 5.13 Å². The van der Waals surface area contributed by atoms with Gasteiger partial charge in [-0.3, -0.25) is 9.69 Å². The molecule has 1 fully saturated rings. The lowest BCUT2D eigenvalue weighted by atomic mass is 10.0. The molecule has 1 aliphatic rings. The highest BCUT2D eigenvalue weighted by molar-refractivity contribution is 7.22. The van der Waals surface area contributed by atoms with Crippen molar-refractivity contribution in [2.75, 3.05) is 24.7 Å². The molecule has 2 heterocycles. The van der Waals surface area contributed by atoms with Crippen LogP contribution in [-0.4, -0.2) is 36.8 Å². The van der Waals surface area contributed by atoms with Gasteiger partial charge in [-0.2, -0.15) is 0 Å². The Balaban J connectivity index is 1.59. The third-order valence-corrected chi connectivity index (χ3v) is 6.62. The number of rotatable bonds is 6. The van der Waals surface area contributed by atoms with Crippen molar-refractivity contribution in [2.45, 2.75) is 25.9 Å². The fraction of sp³-hybridized carbons (Fsp3) is 0.280. The van der Waals surface area contributed by atoms with Gasteiger partial charge in [-0.25, -0.2) is 4.98 Å². The molecule has 0 bridgehead atoms. The number of thiazole rings is 1. The van der Waals surface area contributed by atoms with Crippen LogP contribution in [0.2, 0.25) is 0 Å². The summed E-state index contributed by atoms with van der Waals surface area (Å²) in [4.78, 5) is 20.5. The van der Waals surface area contributed by atoms with Crippen LogP contribution in [0.15, 0.2) is 60.7 Å². The predicted octanol–water partition coefficient (Wildman–Crippen LogP) is 5.67. The Hall–Kier alpha value is -2.96. The van der Waals surface area contributed by atoms with Gasteiger partial charge < -0.3 is 9.47 Å². The number of amides is 1. The number of para-hydroxylation sites is 1. The minimum Gasteiger partial charge on any atom is -0.492 e. The Kier molecular flexibility index (Phi) is 5.57. The van der Waals surface area contributed by atoms with Gasteiger partial charge in [-0.15, -0.1) is 0 Å². The number of carbonyl (C=O) groups excluding carboxylic acids is 1. The van der Waals surface area contributed by atoms with Crippen LogP contribution in [0.1, 0.15) is 30.1 Å². The summed E-state index contributed by atoms with van der Waals surface area (Å²) in [5, 5.41) is 2.67. The summed E-state index contributed by atoms with van der Waals surface area (Å²) in [7, 11) is 0. The fourth-order valence-electron chi connectivity index (χ4n) is 4.10. The SMILES string of the molecule is CCOc1cccc2sc(N(CC3CCCO3)C(=O)c3cccc4ccccc34)nc12. The summed E-state index contributed by atoms with van der Waals surface area (Å²) in [5.74, 6) is 0.696. The van der Waals surface area contributed by atoms with Crippen LogP contribution in [0.25, 0.3) is 21.0 Å². The number of anilines is 1. The van der Waals surface area contributed by atoms with E-state index in [0.717, 1.165) is 46.2 Å². The number of fused-ring (bicyclic) bond motifs is 2. The van der Waals surface area contributed by atoms with Gasteiger partial charge in [0.2, 0.25) is 0 Å². The third kappa shape index (κ3) is 3.89. The van der Waals surface area contributed by atoms with Crippen molar-refractivity contribution in [3.8, 4) is 5.75 Å². The molecule has 1 amide bonds. The van der Waals surface area contributed by atoms with E-state index >= 15 is 0 Å². The minimum atomic E-state index is -0.0516. The maximum Gasteiger partial charge on any atom is 0.260 e. The molecule has 158 valence electrons. The van der Waals surface area contributed by atoms with E-state index in [1.165, 1.54) is 11.3 Å². The average molecular weight is 433 g/mol. The highest BCUT2D eigenvalue weighted by Crippen LogP contribution is 2.36. The molecule has 0 N–H and O–H groups in total. The van der Waals surface area contributed by atoms with Gasteiger partial charge in [0.1, 0.15) is 11.3 Å². The van der Waals surface area contributed by atoms with Gasteiger partial charge in [0, 0.05) is 12.2 Å². The lowest BCUT2D eigenvalue weighted by molar-refractivity contribution is 0.0919. The van der Waals surface area contributed by atoms with Crippen LogP contribution in [0.3, 0.4) is 0 Å². The van der Waals surface area contributed by atoms with Gasteiger partial charge in [-0.05, 0) is 48.7 Å². The Labute approximate surface area is 185 Å². The van der Waals surface area contributed by atoms with Crippen molar-refractivity contribution >= 4 is 43.4 Å². The summed E-state index contributed by atoms with van der Waals surface area (Å²) in [6.45, 7) is 3.77. The number of nitrogens with zero attached hydrogens (tertiary/aromatic N) is 2. The Morgan fingerprint density at radius 2 is 2.00 bits per heavy atom. The van der Waals surface area contributed by atoms with Crippen molar-refractivity contribution < 1.29 is 14.3 Å². The molecule has 0 radical (unpaired) electrons. The number of benzene rings is 3. The smallest absolute Gasteiger partial charge is 0.260 e. The molecule has 3 aromatic carbocycles. The standard InChI is InChI=1S/C25H24N2O3S/c1-2-29-21-13-6-14-22-23(21)26-25(31-22)27(16-18-10-7-15-30-18)24(28)20-12-5-9-17-8-3-4-11-19(17)20/h3-6,8-9,11-14,18H,2,7,10,15-16H2,1H3. The first kappa shape index (κ1) is 20.0. The van der Waals surface area contributed by atoms with E-state index in [0.29, 0.717) is 23.8 Å². The van der Waals surface area contributed by atoms with Gasteiger partial charge in [-0.1, -0.05) is 53.8 Å². The van der Waals surface area contributed by atoms with Crippen molar-refractivity contribution in [1.82, 2.24) is 4.98 Å². The second-order valence-electron chi connectivity index (χ2n) is 7.61. The topological polar surface area (TPSA) is 51.7 Å². The Bertz CT molecular complexity index is 1220. The highest BCUT2D eigenvalue weighted by atomic mass is 32.1. The summed E-state index contributed by atoms with van der Waals surface area (Å²) < 4.78 is 12.6. The lowest BCUT2D eigenvalue weighted by Gasteiger charge is -2.23. The number of aromatic nitrogens is 1. The quantitative estimate of drug-likeness (QED) is 0.394. The van der Waals surface area contributed by atoms with Crippen LogP contribution in [0.4, 0.5) is 5.13 Å². The highest BCUT2D eigenvalue weighted by Gasteiger charge is 2.28. The fourth-order valence-corrected chi connectivity index (χ4v) is 5.09. The zero-order valence-electron chi connectivity index (χ0n) is 17.4. The van der Waals surface area contributed by atoms with Gasteiger partial charge >= 0.3 is 0 Å². The van der Waals surface area contributed by atoms with Crippen LogP contribution >= 0.6 is 11.3 Å². The number of hydrogen-bond donors (Lipinski definition) is 0. The molecule has 0 spiro atoms. The van der Waals surface area contributed by atoms with Crippen LogP contribution in [-0.2, 0) is 4.74 Å². The maximum absolute atomic E-state index is 13.8. The van der Waals surface area contributed by atoms with E-state index in [4.69, 9.17) is 14.5 Å². The second-order valence-corrected chi connectivity index (χ2v) is 8.62.